The Hall–Kier alpha value is -2.50. The lowest BCUT2D eigenvalue weighted by Gasteiger charge is -2.24. The number of alkyl halides is 3. The third-order valence-corrected chi connectivity index (χ3v) is 6.29. The maximum atomic E-state index is 12.9. The van der Waals surface area contributed by atoms with E-state index in [9.17, 15) is 26.4 Å². The minimum absolute atomic E-state index is 0.0210. The van der Waals surface area contributed by atoms with Crippen LogP contribution in [-0.2, 0) is 10.2 Å². The average molecular weight is 456 g/mol. The van der Waals surface area contributed by atoms with Crippen LogP contribution in [0.2, 0.25) is 0 Å². The van der Waals surface area contributed by atoms with E-state index in [0.717, 1.165) is 11.1 Å². The highest BCUT2D eigenvalue weighted by Crippen LogP contribution is 2.40. The van der Waals surface area contributed by atoms with Gasteiger partial charge in [-0.05, 0) is 30.9 Å². The molecule has 168 valence electrons. The predicted molar refractivity (Wildman–Crippen MR) is 111 cm³/mol. The van der Waals surface area contributed by atoms with E-state index in [1.165, 1.54) is 13.2 Å². The van der Waals surface area contributed by atoms with Gasteiger partial charge in [0.05, 0.1) is 17.0 Å². The van der Waals surface area contributed by atoms with Gasteiger partial charge in [0.25, 0.3) is 16.1 Å². The molecule has 0 radical (unpaired) electrons. The molecule has 1 atom stereocenters. The smallest absolute Gasteiger partial charge is 0.351 e. The van der Waals surface area contributed by atoms with Crippen molar-refractivity contribution < 1.29 is 26.4 Å². The maximum absolute atomic E-state index is 12.9. The molecular weight excluding hydrogens is 433 g/mol. The summed E-state index contributed by atoms with van der Waals surface area (Å²) in [7, 11) is -2.30. The third-order valence-electron chi connectivity index (χ3n) is 5.16. The van der Waals surface area contributed by atoms with Crippen molar-refractivity contribution in [3.05, 3.63) is 47.7 Å². The van der Waals surface area contributed by atoms with Crippen molar-refractivity contribution in [2.24, 2.45) is 5.92 Å². The van der Waals surface area contributed by atoms with Crippen molar-refractivity contribution in [2.75, 3.05) is 20.1 Å². The summed E-state index contributed by atoms with van der Waals surface area (Å²) in [4.78, 5) is 16.7. The molecule has 3 N–H and O–H groups in total. The summed E-state index contributed by atoms with van der Waals surface area (Å²) in [5, 5.41) is 3.30. The molecule has 0 unspecified atom stereocenters. The lowest BCUT2D eigenvalue weighted by molar-refractivity contribution is -0.175. The molecule has 11 heteroatoms. The topological polar surface area (TPSA) is 100 Å². The molecule has 0 aliphatic heterocycles. The van der Waals surface area contributed by atoms with Crippen LogP contribution >= 0.6 is 0 Å². The average Bonchev–Trinajstić information content (AvgIpc) is 2.75. The molecule has 1 aliphatic carbocycles. The SMILES string of the molecule is CNS(=O)(=O)NCCNC(=O)c1cnc2c(C3=CC[C@@H](C(F)(F)F)CC3)cccc2c1. The van der Waals surface area contributed by atoms with Crippen molar-refractivity contribution >= 4 is 32.6 Å². The Morgan fingerprint density at radius 3 is 2.68 bits per heavy atom. The molecule has 31 heavy (non-hydrogen) atoms. The monoisotopic (exact) mass is 456 g/mol. The first-order chi connectivity index (χ1) is 14.6. The van der Waals surface area contributed by atoms with Crippen molar-refractivity contribution in [3.8, 4) is 0 Å². The third kappa shape index (κ3) is 5.81. The second-order valence-corrected chi connectivity index (χ2v) is 8.91. The Bertz CT molecular complexity index is 1100. The minimum atomic E-state index is -4.19. The van der Waals surface area contributed by atoms with Crippen molar-refractivity contribution in [2.45, 2.75) is 25.4 Å². The summed E-state index contributed by atoms with van der Waals surface area (Å²) in [6, 6.07) is 7.04. The molecule has 2 aromatic rings. The maximum Gasteiger partial charge on any atom is 0.392 e. The highest BCUT2D eigenvalue weighted by Gasteiger charge is 2.39. The first-order valence-corrected chi connectivity index (χ1v) is 11.2. The number of hydrogen-bond donors (Lipinski definition) is 3. The number of halogens is 3. The molecule has 3 rings (SSSR count). The molecule has 1 aliphatic rings. The van der Waals surface area contributed by atoms with Crippen LogP contribution in [0.15, 0.2) is 36.5 Å². The number of benzene rings is 1. The fourth-order valence-electron chi connectivity index (χ4n) is 3.46. The minimum Gasteiger partial charge on any atom is -0.351 e. The van der Waals surface area contributed by atoms with Gasteiger partial charge in [0.2, 0.25) is 0 Å². The second kappa shape index (κ2) is 9.33. The Morgan fingerprint density at radius 1 is 1.26 bits per heavy atom. The van der Waals surface area contributed by atoms with E-state index in [1.807, 2.05) is 6.07 Å². The van der Waals surface area contributed by atoms with Crippen molar-refractivity contribution in [1.82, 2.24) is 19.7 Å². The van der Waals surface area contributed by atoms with Gasteiger partial charge in [-0.3, -0.25) is 9.78 Å². The number of fused-ring (bicyclic) bond motifs is 1. The highest BCUT2D eigenvalue weighted by atomic mass is 32.2. The van der Waals surface area contributed by atoms with Gasteiger partial charge in [0, 0.05) is 37.3 Å². The quantitative estimate of drug-likeness (QED) is 0.558. The molecule has 0 saturated carbocycles. The summed E-state index contributed by atoms with van der Waals surface area (Å²) in [6.07, 6.45) is -0.841. The summed E-state index contributed by atoms with van der Waals surface area (Å²) >= 11 is 0. The number of hydrogen-bond acceptors (Lipinski definition) is 4. The Labute approximate surface area is 178 Å². The van der Waals surface area contributed by atoms with Crippen LogP contribution in [0, 0.1) is 5.92 Å². The molecule has 0 fully saturated rings. The predicted octanol–water partition coefficient (Wildman–Crippen LogP) is 2.76. The van der Waals surface area contributed by atoms with E-state index < -0.39 is 28.2 Å². The molecule has 1 aromatic carbocycles. The number of aromatic nitrogens is 1. The van der Waals surface area contributed by atoms with Gasteiger partial charge in [-0.2, -0.15) is 21.6 Å². The van der Waals surface area contributed by atoms with Crippen molar-refractivity contribution in [1.29, 1.82) is 0 Å². The molecule has 1 heterocycles. The number of rotatable bonds is 7. The summed E-state index contributed by atoms with van der Waals surface area (Å²) in [6.45, 7) is 0.109. The van der Waals surface area contributed by atoms with E-state index in [-0.39, 0.29) is 25.9 Å². The van der Waals surface area contributed by atoms with Crippen LogP contribution < -0.4 is 14.8 Å². The van der Waals surface area contributed by atoms with E-state index in [2.05, 4.69) is 19.7 Å². The zero-order chi connectivity index (χ0) is 22.6. The van der Waals surface area contributed by atoms with Gasteiger partial charge in [-0.15, -0.1) is 0 Å². The fourth-order valence-corrected chi connectivity index (χ4v) is 3.97. The number of pyridine rings is 1. The van der Waals surface area contributed by atoms with Crippen LogP contribution in [-0.4, -0.2) is 45.6 Å². The zero-order valence-corrected chi connectivity index (χ0v) is 17.6. The first-order valence-electron chi connectivity index (χ1n) is 9.72. The second-order valence-electron chi connectivity index (χ2n) is 7.20. The summed E-state index contributed by atoms with van der Waals surface area (Å²) in [5.41, 5.74) is 2.52. The lowest BCUT2D eigenvalue weighted by atomic mass is 9.85. The van der Waals surface area contributed by atoms with Gasteiger partial charge in [0.1, 0.15) is 0 Å². The molecule has 0 spiro atoms. The van der Waals surface area contributed by atoms with E-state index in [1.54, 1.807) is 24.3 Å². The number of carbonyl (C=O) groups is 1. The van der Waals surface area contributed by atoms with Gasteiger partial charge in [0.15, 0.2) is 0 Å². The Balaban J connectivity index is 1.72. The van der Waals surface area contributed by atoms with E-state index in [0.29, 0.717) is 22.9 Å². The van der Waals surface area contributed by atoms with E-state index >= 15 is 0 Å². The normalized spacial score (nSPS) is 17.4. The number of amides is 1. The number of para-hydroxylation sites is 1. The van der Waals surface area contributed by atoms with Gasteiger partial charge in [-0.1, -0.05) is 24.3 Å². The van der Waals surface area contributed by atoms with Crippen LogP contribution in [0.4, 0.5) is 13.2 Å². The summed E-state index contributed by atoms with van der Waals surface area (Å²) < 4.78 is 65.7. The standard InChI is InChI=1S/C20H23F3N4O3S/c1-24-31(29,30)27-10-9-25-19(28)15-11-14-3-2-4-17(18(14)26-12-15)13-5-7-16(8-6-13)20(21,22)23/h2-5,11-12,16,24,27H,6-10H2,1H3,(H,25,28)/t16-/m1/s1. The molecule has 1 amide bonds. The number of nitrogens with one attached hydrogen (secondary N) is 3. The Kier molecular flexibility index (Phi) is 6.97. The van der Waals surface area contributed by atoms with Crippen molar-refractivity contribution in [3.63, 3.8) is 0 Å². The number of carbonyl (C=O) groups excluding carboxylic acids is 1. The zero-order valence-electron chi connectivity index (χ0n) is 16.8. The van der Waals surface area contributed by atoms with Crippen LogP contribution in [0.25, 0.3) is 16.5 Å². The molecule has 0 saturated heterocycles. The van der Waals surface area contributed by atoms with Crippen LogP contribution in [0.5, 0.6) is 0 Å². The molecule has 1 aromatic heterocycles. The van der Waals surface area contributed by atoms with E-state index in [4.69, 9.17) is 0 Å². The summed E-state index contributed by atoms with van der Waals surface area (Å²) in [5.74, 6) is -1.72. The molecular formula is C20H23F3N4O3S. The van der Waals surface area contributed by atoms with Gasteiger partial charge < -0.3 is 5.32 Å². The fraction of sp³-hybridized carbons (Fsp3) is 0.400. The van der Waals surface area contributed by atoms with Gasteiger partial charge in [-0.25, -0.2) is 9.44 Å². The highest BCUT2D eigenvalue weighted by molar-refractivity contribution is 7.87. The largest absolute Gasteiger partial charge is 0.392 e. The molecule has 7 nitrogen and oxygen atoms in total. The number of allylic oxidation sites excluding steroid dienone is 2. The Morgan fingerprint density at radius 2 is 2.03 bits per heavy atom. The van der Waals surface area contributed by atoms with Crippen LogP contribution in [0.1, 0.15) is 35.2 Å². The lowest BCUT2D eigenvalue weighted by Crippen LogP contribution is -2.39. The number of nitrogens with zero attached hydrogens (tertiary/aromatic N) is 1. The first kappa shape index (κ1) is 23.2. The van der Waals surface area contributed by atoms with Crippen LogP contribution in [0.3, 0.4) is 0 Å². The van der Waals surface area contributed by atoms with Gasteiger partial charge >= 0.3 is 6.18 Å². The molecule has 0 bridgehead atoms.